The Kier molecular flexibility index (Phi) is 3.98. The Morgan fingerprint density at radius 1 is 1.32 bits per heavy atom. The molecule has 128 valence electrons. The van der Waals surface area contributed by atoms with Crippen LogP contribution in [0.2, 0.25) is 0 Å². The van der Waals surface area contributed by atoms with E-state index in [1.54, 1.807) is 24.1 Å². The number of amides is 1. The monoisotopic (exact) mass is 340 g/mol. The Bertz CT molecular complexity index is 872. The van der Waals surface area contributed by atoms with Gasteiger partial charge in [0, 0.05) is 25.6 Å². The molecule has 0 saturated carbocycles. The minimum atomic E-state index is -0.0368. The van der Waals surface area contributed by atoms with Crippen LogP contribution < -0.4 is 0 Å². The molecule has 1 aromatic carbocycles. The fraction of sp³-hybridized carbons (Fsp3) is 0.312. The minimum Gasteiger partial charge on any atom is -0.443 e. The second-order valence-corrected chi connectivity index (χ2v) is 5.69. The predicted octanol–water partition coefficient (Wildman–Crippen LogP) is 0.995. The number of nitrogens with zero attached hydrogens (tertiary/aromatic N) is 6. The molecule has 0 fully saturated rings. The van der Waals surface area contributed by atoms with Crippen molar-refractivity contribution in [3.05, 3.63) is 53.5 Å². The standard InChI is InChI=1S/C16H16N6O3/c1-24-9-15-18-13-8-21(7-6-14(13)25-15)16(23)11-2-4-12(5-3-11)22-10-17-19-20-22/h2-5,10H,6-9H2,1H3. The molecule has 4 rings (SSSR count). The number of methoxy groups -OCH3 is 1. The molecule has 3 heterocycles. The number of oxazole rings is 1. The number of tetrazole rings is 1. The molecule has 0 atom stereocenters. The van der Waals surface area contributed by atoms with Gasteiger partial charge in [-0.15, -0.1) is 5.10 Å². The summed E-state index contributed by atoms with van der Waals surface area (Å²) in [5.74, 6) is 1.35. The van der Waals surface area contributed by atoms with Crippen molar-refractivity contribution in [2.24, 2.45) is 0 Å². The van der Waals surface area contributed by atoms with Crippen LogP contribution in [0.25, 0.3) is 5.69 Å². The number of hydrogen-bond acceptors (Lipinski definition) is 7. The van der Waals surface area contributed by atoms with Gasteiger partial charge >= 0.3 is 0 Å². The summed E-state index contributed by atoms with van der Waals surface area (Å²) in [7, 11) is 1.60. The molecule has 1 aliphatic heterocycles. The second kappa shape index (κ2) is 6.44. The van der Waals surface area contributed by atoms with Crippen molar-refractivity contribution in [2.45, 2.75) is 19.6 Å². The molecule has 1 amide bonds. The molecule has 0 spiro atoms. The summed E-state index contributed by atoms with van der Waals surface area (Å²) in [5, 5.41) is 11.0. The fourth-order valence-electron chi connectivity index (χ4n) is 2.83. The molecular weight excluding hydrogens is 324 g/mol. The van der Waals surface area contributed by atoms with E-state index in [4.69, 9.17) is 9.15 Å². The lowest BCUT2D eigenvalue weighted by Crippen LogP contribution is -2.35. The van der Waals surface area contributed by atoms with Crippen LogP contribution in [-0.2, 0) is 24.3 Å². The Balaban J connectivity index is 1.49. The lowest BCUT2D eigenvalue weighted by atomic mass is 10.1. The Hall–Kier alpha value is -3.07. The summed E-state index contributed by atoms with van der Waals surface area (Å²) >= 11 is 0. The summed E-state index contributed by atoms with van der Waals surface area (Å²) in [5.41, 5.74) is 2.21. The van der Waals surface area contributed by atoms with Crippen molar-refractivity contribution in [2.75, 3.05) is 13.7 Å². The molecule has 1 aliphatic rings. The number of aromatic nitrogens is 5. The minimum absolute atomic E-state index is 0.0368. The van der Waals surface area contributed by atoms with E-state index in [1.807, 2.05) is 12.1 Å². The van der Waals surface area contributed by atoms with E-state index in [2.05, 4.69) is 20.5 Å². The van der Waals surface area contributed by atoms with Crippen LogP contribution in [-0.4, -0.2) is 49.7 Å². The Morgan fingerprint density at radius 2 is 2.16 bits per heavy atom. The first kappa shape index (κ1) is 15.5. The van der Waals surface area contributed by atoms with E-state index in [0.29, 0.717) is 37.6 Å². The van der Waals surface area contributed by atoms with Gasteiger partial charge in [0.05, 0.1) is 12.2 Å². The fourth-order valence-corrected chi connectivity index (χ4v) is 2.83. The molecule has 0 unspecified atom stereocenters. The third-order valence-electron chi connectivity index (χ3n) is 4.05. The highest BCUT2D eigenvalue weighted by molar-refractivity contribution is 5.94. The van der Waals surface area contributed by atoms with Crippen LogP contribution in [0.15, 0.2) is 35.0 Å². The molecule has 9 heteroatoms. The normalized spacial score (nSPS) is 13.7. The zero-order valence-electron chi connectivity index (χ0n) is 13.6. The number of carbonyl (C=O) groups is 1. The van der Waals surface area contributed by atoms with E-state index in [-0.39, 0.29) is 5.91 Å². The first-order chi connectivity index (χ1) is 12.2. The first-order valence-corrected chi connectivity index (χ1v) is 7.83. The predicted molar refractivity (Wildman–Crippen MR) is 84.8 cm³/mol. The summed E-state index contributed by atoms with van der Waals surface area (Å²) in [6.07, 6.45) is 2.16. The summed E-state index contributed by atoms with van der Waals surface area (Å²) in [6, 6.07) is 7.17. The van der Waals surface area contributed by atoms with Crippen molar-refractivity contribution in [1.82, 2.24) is 30.1 Å². The van der Waals surface area contributed by atoms with Crippen LogP contribution in [0, 0.1) is 0 Å². The zero-order chi connectivity index (χ0) is 17.2. The van der Waals surface area contributed by atoms with Crippen molar-refractivity contribution in [3.63, 3.8) is 0 Å². The average molecular weight is 340 g/mol. The smallest absolute Gasteiger partial charge is 0.254 e. The van der Waals surface area contributed by atoms with Crippen LogP contribution in [0.5, 0.6) is 0 Å². The lowest BCUT2D eigenvalue weighted by Gasteiger charge is -2.25. The Morgan fingerprint density at radius 3 is 2.88 bits per heavy atom. The van der Waals surface area contributed by atoms with Crippen molar-refractivity contribution in [3.8, 4) is 5.69 Å². The van der Waals surface area contributed by atoms with Gasteiger partial charge in [0.2, 0.25) is 5.89 Å². The van der Waals surface area contributed by atoms with Crippen molar-refractivity contribution in [1.29, 1.82) is 0 Å². The maximum absolute atomic E-state index is 12.7. The number of carbonyl (C=O) groups excluding carboxylic acids is 1. The zero-order valence-corrected chi connectivity index (χ0v) is 13.6. The van der Waals surface area contributed by atoms with E-state index < -0.39 is 0 Å². The van der Waals surface area contributed by atoms with Gasteiger partial charge in [-0.3, -0.25) is 4.79 Å². The molecular formula is C16H16N6O3. The largest absolute Gasteiger partial charge is 0.443 e. The number of hydrogen-bond donors (Lipinski definition) is 0. The van der Waals surface area contributed by atoms with Crippen molar-refractivity contribution >= 4 is 5.91 Å². The molecule has 0 bridgehead atoms. The quantitative estimate of drug-likeness (QED) is 0.698. The van der Waals surface area contributed by atoms with Crippen LogP contribution >= 0.6 is 0 Å². The van der Waals surface area contributed by atoms with Gasteiger partial charge in [-0.05, 0) is 34.7 Å². The van der Waals surface area contributed by atoms with Gasteiger partial charge in [-0.1, -0.05) is 0 Å². The highest BCUT2D eigenvalue weighted by atomic mass is 16.5. The summed E-state index contributed by atoms with van der Waals surface area (Å²) < 4.78 is 12.2. The highest BCUT2D eigenvalue weighted by Gasteiger charge is 2.26. The average Bonchev–Trinajstić information content (AvgIpc) is 3.30. The molecule has 0 radical (unpaired) electrons. The first-order valence-electron chi connectivity index (χ1n) is 7.83. The summed E-state index contributed by atoms with van der Waals surface area (Å²) in [4.78, 5) is 18.9. The number of rotatable bonds is 4. The van der Waals surface area contributed by atoms with Crippen molar-refractivity contribution < 1.29 is 13.9 Å². The van der Waals surface area contributed by atoms with Crippen LogP contribution in [0.3, 0.4) is 0 Å². The number of ether oxygens (including phenoxy) is 1. The van der Waals surface area contributed by atoms with Gasteiger partial charge in [0.15, 0.2) is 0 Å². The number of fused-ring (bicyclic) bond motifs is 1. The second-order valence-electron chi connectivity index (χ2n) is 5.69. The van der Waals surface area contributed by atoms with Gasteiger partial charge in [0.1, 0.15) is 24.4 Å². The molecule has 0 saturated heterocycles. The summed E-state index contributed by atoms with van der Waals surface area (Å²) in [6.45, 7) is 1.37. The van der Waals surface area contributed by atoms with Gasteiger partial charge in [-0.2, -0.15) is 0 Å². The molecule has 0 N–H and O–H groups in total. The lowest BCUT2D eigenvalue weighted by molar-refractivity contribution is 0.0727. The maximum Gasteiger partial charge on any atom is 0.254 e. The molecule has 25 heavy (non-hydrogen) atoms. The molecule has 9 nitrogen and oxygen atoms in total. The number of benzene rings is 1. The molecule has 2 aromatic heterocycles. The van der Waals surface area contributed by atoms with E-state index in [0.717, 1.165) is 17.1 Å². The van der Waals surface area contributed by atoms with Crippen LogP contribution in [0.4, 0.5) is 0 Å². The SMILES string of the molecule is COCc1nc2c(o1)CCN(C(=O)c1ccc(-n3cnnn3)cc1)C2. The molecule has 3 aromatic rings. The highest BCUT2D eigenvalue weighted by Crippen LogP contribution is 2.22. The third-order valence-corrected chi connectivity index (χ3v) is 4.05. The van der Waals surface area contributed by atoms with E-state index in [1.165, 1.54) is 11.0 Å². The van der Waals surface area contributed by atoms with E-state index in [9.17, 15) is 4.79 Å². The third kappa shape index (κ3) is 3.01. The van der Waals surface area contributed by atoms with E-state index >= 15 is 0 Å². The van der Waals surface area contributed by atoms with Gasteiger partial charge in [-0.25, -0.2) is 9.67 Å². The van der Waals surface area contributed by atoms with Gasteiger partial charge < -0.3 is 14.1 Å². The Labute approximate surface area is 143 Å². The maximum atomic E-state index is 12.7. The van der Waals surface area contributed by atoms with Gasteiger partial charge in [0.25, 0.3) is 5.91 Å². The topological polar surface area (TPSA) is 99.2 Å². The molecule has 0 aliphatic carbocycles. The van der Waals surface area contributed by atoms with Crippen LogP contribution in [0.1, 0.15) is 27.7 Å².